The van der Waals surface area contributed by atoms with Crippen LogP contribution in [-0.2, 0) is 13.1 Å². The van der Waals surface area contributed by atoms with E-state index < -0.39 is 0 Å². The molecule has 0 radical (unpaired) electrons. The normalized spacial score (nSPS) is 10.5. The number of nitrogens with one attached hydrogen (secondary N) is 1. The maximum Gasteiger partial charge on any atom is 0.272 e. The van der Waals surface area contributed by atoms with Gasteiger partial charge in [0.05, 0.1) is 4.92 Å². The predicted molar refractivity (Wildman–Crippen MR) is 79.8 cm³/mol. The summed E-state index contributed by atoms with van der Waals surface area (Å²) in [5, 5.41) is 14.8. The zero-order chi connectivity index (χ0) is 14.5. The summed E-state index contributed by atoms with van der Waals surface area (Å²) in [6, 6.07) is 12.9. The maximum atomic E-state index is 10.9. The molecule has 0 fully saturated rings. The van der Waals surface area contributed by atoms with Gasteiger partial charge in [-0.3, -0.25) is 10.1 Å². The molecule has 0 saturated carbocycles. The molecule has 0 unspecified atom stereocenters. The van der Waals surface area contributed by atoms with E-state index in [1.165, 1.54) is 0 Å². The van der Waals surface area contributed by atoms with Crippen LogP contribution in [0.5, 0.6) is 0 Å². The molecule has 0 aliphatic heterocycles. The molecule has 20 heavy (non-hydrogen) atoms. The summed E-state index contributed by atoms with van der Waals surface area (Å²) in [6.45, 7) is 2.98. The predicted octanol–water partition coefficient (Wildman–Crippen LogP) is 3.85. The van der Waals surface area contributed by atoms with Crippen LogP contribution in [0.15, 0.2) is 42.5 Å². The topological polar surface area (TPSA) is 55.2 Å². The quantitative estimate of drug-likeness (QED) is 0.672. The van der Waals surface area contributed by atoms with E-state index in [2.05, 4.69) is 5.32 Å². The van der Waals surface area contributed by atoms with Crippen LogP contribution in [0, 0.1) is 17.0 Å². The Labute approximate surface area is 122 Å². The van der Waals surface area contributed by atoms with Crippen molar-refractivity contribution in [1.29, 1.82) is 0 Å². The van der Waals surface area contributed by atoms with Crippen LogP contribution >= 0.6 is 11.6 Å². The van der Waals surface area contributed by atoms with Crippen LogP contribution in [0.1, 0.15) is 16.7 Å². The van der Waals surface area contributed by atoms with Crippen LogP contribution in [0.25, 0.3) is 0 Å². The van der Waals surface area contributed by atoms with Gasteiger partial charge in [0.15, 0.2) is 0 Å². The highest BCUT2D eigenvalue weighted by Gasteiger charge is 2.10. The minimum Gasteiger partial charge on any atom is -0.309 e. The number of nitro benzene ring substituents is 1. The van der Waals surface area contributed by atoms with Gasteiger partial charge < -0.3 is 5.32 Å². The zero-order valence-electron chi connectivity index (χ0n) is 11.1. The van der Waals surface area contributed by atoms with E-state index in [1.54, 1.807) is 19.1 Å². The van der Waals surface area contributed by atoms with Crippen LogP contribution < -0.4 is 5.32 Å². The summed E-state index contributed by atoms with van der Waals surface area (Å²) >= 11 is 5.91. The van der Waals surface area contributed by atoms with Crippen LogP contribution in [0.4, 0.5) is 5.69 Å². The molecular weight excluding hydrogens is 276 g/mol. The molecule has 0 bridgehead atoms. The summed E-state index contributed by atoms with van der Waals surface area (Å²) in [5.41, 5.74) is 2.81. The Morgan fingerprint density at radius 3 is 2.50 bits per heavy atom. The van der Waals surface area contributed by atoms with Gasteiger partial charge in [0.2, 0.25) is 0 Å². The Hall–Kier alpha value is -1.91. The molecule has 0 saturated heterocycles. The van der Waals surface area contributed by atoms with Gasteiger partial charge in [-0.1, -0.05) is 35.9 Å². The summed E-state index contributed by atoms with van der Waals surface area (Å²) < 4.78 is 0. The molecule has 0 amide bonds. The number of rotatable bonds is 5. The molecule has 0 aromatic heterocycles. The fourth-order valence-corrected chi connectivity index (χ4v) is 2.17. The number of hydrogen-bond donors (Lipinski definition) is 1. The third kappa shape index (κ3) is 3.79. The second-order valence-corrected chi connectivity index (χ2v) is 5.05. The Balaban J connectivity index is 1.97. The number of nitro groups is 1. The Morgan fingerprint density at radius 2 is 1.85 bits per heavy atom. The SMILES string of the molecule is Cc1ccc(CNCc2cccc(Cl)c2)cc1[N+](=O)[O-]. The molecule has 0 spiro atoms. The lowest BCUT2D eigenvalue weighted by Crippen LogP contribution is -2.12. The molecule has 104 valence electrons. The van der Waals surface area contributed by atoms with Crippen LogP contribution in [0.3, 0.4) is 0 Å². The van der Waals surface area contributed by atoms with Crippen molar-refractivity contribution < 1.29 is 4.92 Å². The summed E-state index contributed by atoms with van der Waals surface area (Å²) in [7, 11) is 0. The molecule has 0 heterocycles. The molecule has 0 aliphatic carbocycles. The van der Waals surface area contributed by atoms with Gasteiger partial charge in [-0.2, -0.15) is 0 Å². The first-order valence-electron chi connectivity index (χ1n) is 6.25. The fourth-order valence-electron chi connectivity index (χ4n) is 1.96. The minimum absolute atomic E-state index is 0.159. The lowest BCUT2D eigenvalue weighted by atomic mass is 10.1. The fraction of sp³-hybridized carbons (Fsp3) is 0.200. The van der Waals surface area contributed by atoms with Gasteiger partial charge in [-0.05, 0) is 30.2 Å². The second kappa shape index (κ2) is 6.50. The number of hydrogen-bond acceptors (Lipinski definition) is 3. The Morgan fingerprint density at radius 1 is 1.15 bits per heavy atom. The van der Waals surface area contributed by atoms with E-state index >= 15 is 0 Å². The minimum atomic E-state index is -0.351. The van der Waals surface area contributed by atoms with Crippen molar-refractivity contribution in [1.82, 2.24) is 5.32 Å². The van der Waals surface area contributed by atoms with Crippen molar-refractivity contribution in [3.8, 4) is 0 Å². The first-order chi connectivity index (χ1) is 9.56. The number of halogens is 1. The monoisotopic (exact) mass is 290 g/mol. The molecule has 0 aliphatic rings. The average molecular weight is 291 g/mol. The lowest BCUT2D eigenvalue weighted by molar-refractivity contribution is -0.385. The van der Waals surface area contributed by atoms with Crippen molar-refractivity contribution in [2.75, 3.05) is 0 Å². The van der Waals surface area contributed by atoms with Gasteiger partial charge in [0.25, 0.3) is 5.69 Å². The molecule has 2 aromatic carbocycles. The molecule has 4 nitrogen and oxygen atoms in total. The van der Waals surface area contributed by atoms with Crippen molar-refractivity contribution in [2.24, 2.45) is 0 Å². The van der Waals surface area contributed by atoms with Crippen LogP contribution in [-0.4, -0.2) is 4.92 Å². The van der Waals surface area contributed by atoms with E-state index in [-0.39, 0.29) is 10.6 Å². The molecule has 1 N–H and O–H groups in total. The van der Waals surface area contributed by atoms with E-state index in [0.717, 1.165) is 11.1 Å². The number of aryl methyl sites for hydroxylation is 1. The highest BCUT2D eigenvalue weighted by atomic mass is 35.5. The van der Waals surface area contributed by atoms with Crippen molar-refractivity contribution in [3.63, 3.8) is 0 Å². The Bertz CT molecular complexity index is 629. The van der Waals surface area contributed by atoms with Gasteiger partial charge in [-0.25, -0.2) is 0 Å². The van der Waals surface area contributed by atoms with E-state index in [4.69, 9.17) is 11.6 Å². The largest absolute Gasteiger partial charge is 0.309 e. The standard InChI is InChI=1S/C15H15ClN2O2/c1-11-5-6-13(8-15(11)18(19)20)10-17-9-12-3-2-4-14(16)7-12/h2-8,17H,9-10H2,1H3. The van der Waals surface area contributed by atoms with E-state index in [0.29, 0.717) is 23.7 Å². The smallest absolute Gasteiger partial charge is 0.272 e. The maximum absolute atomic E-state index is 10.9. The third-order valence-electron chi connectivity index (χ3n) is 3.02. The van der Waals surface area contributed by atoms with Gasteiger partial charge >= 0.3 is 0 Å². The zero-order valence-corrected chi connectivity index (χ0v) is 11.9. The molecule has 2 aromatic rings. The summed E-state index contributed by atoms with van der Waals surface area (Å²) in [4.78, 5) is 10.5. The first-order valence-corrected chi connectivity index (χ1v) is 6.63. The van der Waals surface area contributed by atoms with Crippen molar-refractivity contribution in [3.05, 3.63) is 74.3 Å². The second-order valence-electron chi connectivity index (χ2n) is 4.61. The van der Waals surface area contributed by atoms with Crippen LogP contribution in [0.2, 0.25) is 5.02 Å². The van der Waals surface area contributed by atoms with Crippen molar-refractivity contribution >= 4 is 17.3 Å². The average Bonchev–Trinajstić information content (AvgIpc) is 2.40. The highest BCUT2D eigenvalue weighted by Crippen LogP contribution is 2.19. The highest BCUT2D eigenvalue weighted by molar-refractivity contribution is 6.30. The summed E-state index contributed by atoms with van der Waals surface area (Å²) in [5.74, 6) is 0. The van der Waals surface area contributed by atoms with Gasteiger partial charge in [0, 0.05) is 29.7 Å². The lowest BCUT2D eigenvalue weighted by Gasteiger charge is -2.06. The Kier molecular flexibility index (Phi) is 4.71. The first kappa shape index (κ1) is 14.5. The number of nitrogens with zero attached hydrogens (tertiary/aromatic N) is 1. The molecule has 5 heteroatoms. The van der Waals surface area contributed by atoms with Crippen molar-refractivity contribution in [2.45, 2.75) is 20.0 Å². The van der Waals surface area contributed by atoms with E-state index in [9.17, 15) is 10.1 Å². The third-order valence-corrected chi connectivity index (χ3v) is 3.25. The van der Waals surface area contributed by atoms with E-state index in [1.807, 2.05) is 30.3 Å². The molecule has 0 atom stereocenters. The van der Waals surface area contributed by atoms with Gasteiger partial charge in [0.1, 0.15) is 0 Å². The van der Waals surface area contributed by atoms with Gasteiger partial charge in [-0.15, -0.1) is 0 Å². The number of benzene rings is 2. The molecular formula is C15H15ClN2O2. The summed E-state index contributed by atoms with van der Waals surface area (Å²) in [6.07, 6.45) is 0. The molecule has 2 rings (SSSR count).